The lowest BCUT2D eigenvalue weighted by atomic mass is 10.0. The van der Waals surface area contributed by atoms with Gasteiger partial charge in [-0.2, -0.15) is 10.2 Å². The fourth-order valence-corrected chi connectivity index (χ4v) is 5.12. The number of benzene rings is 1. The third-order valence-corrected chi connectivity index (χ3v) is 7.16. The number of hydrogen-bond donors (Lipinski definition) is 0. The summed E-state index contributed by atoms with van der Waals surface area (Å²) in [7, 11) is 0. The van der Waals surface area contributed by atoms with Crippen LogP contribution in [0.15, 0.2) is 40.5 Å². The maximum absolute atomic E-state index is 14.5. The molecule has 2 aliphatic rings. The van der Waals surface area contributed by atoms with Gasteiger partial charge in [-0.1, -0.05) is 0 Å². The van der Waals surface area contributed by atoms with Gasteiger partial charge in [0, 0.05) is 24.8 Å². The minimum absolute atomic E-state index is 0.0164. The molecule has 0 N–H and O–H groups in total. The lowest BCUT2D eigenvalue weighted by Gasteiger charge is -2.41. The van der Waals surface area contributed by atoms with Crippen molar-refractivity contribution in [2.75, 3.05) is 19.3 Å². The Hall–Kier alpha value is -3.54. The van der Waals surface area contributed by atoms with Gasteiger partial charge in [0.15, 0.2) is 17.4 Å². The SMILES string of the molecule is CSc1c(C)nn(-c2cc(OC3CN(C(=O)N4N=CC[C@H]4c4cc(F)cc(F)c4)C3)c(F)cn2)c1C. The maximum Gasteiger partial charge on any atom is 0.341 e. The molecule has 2 aliphatic heterocycles. The Morgan fingerprint density at radius 3 is 2.50 bits per heavy atom. The number of urea groups is 1. The summed E-state index contributed by atoms with van der Waals surface area (Å²) >= 11 is 1.58. The zero-order valence-corrected chi connectivity index (χ0v) is 20.6. The Morgan fingerprint density at radius 2 is 1.83 bits per heavy atom. The van der Waals surface area contributed by atoms with Gasteiger partial charge in [-0.05, 0) is 37.8 Å². The summed E-state index contributed by atoms with van der Waals surface area (Å²) in [5.74, 6) is -1.61. The highest BCUT2D eigenvalue weighted by Gasteiger charge is 2.39. The zero-order chi connectivity index (χ0) is 25.6. The number of carbonyl (C=O) groups is 1. The Kier molecular flexibility index (Phi) is 6.37. The standard InChI is InChI=1S/C24H23F3N6O2S/c1-13-23(36-3)14(2)32(30-13)22-9-21(19(27)10-28-22)35-18-11-31(12-18)24(34)33-20(4-5-29-33)15-6-16(25)8-17(26)7-15/h5-10,18,20H,4,11-12H2,1-3H3/t20-/m0/s1. The summed E-state index contributed by atoms with van der Waals surface area (Å²) in [5.41, 5.74) is 2.07. The second kappa shape index (κ2) is 9.49. The molecule has 36 heavy (non-hydrogen) atoms. The van der Waals surface area contributed by atoms with Crippen LogP contribution in [0, 0.1) is 31.3 Å². The van der Waals surface area contributed by atoms with Crippen LogP contribution < -0.4 is 4.74 Å². The molecule has 5 rings (SSSR count). The molecule has 0 unspecified atom stereocenters. The summed E-state index contributed by atoms with van der Waals surface area (Å²) in [6.45, 7) is 4.24. The van der Waals surface area contributed by atoms with Crippen LogP contribution in [0.2, 0.25) is 0 Å². The number of nitrogens with zero attached hydrogens (tertiary/aromatic N) is 6. The highest BCUT2D eigenvalue weighted by atomic mass is 32.2. The normalized spacial score (nSPS) is 17.6. The van der Waals surface area contributed by atoms with Crippen molar-refractivity contribution in [1.82, 2.24) is 24.7 Å². The van der Waals surface area contributed by atoms with Gasteiger partial charge in [0.05, 0.1) is 41.6 Å². The molecule has 1 saturated heterocycles. The quantitative estimate of drug-likeness (QED) is 0.462. The van der Waals surface area contributed by atoms with E-state index in [0.717, 1.165) is 28.5 Å². The fourth-order valence-electron chi connectivity index (χ4n) is 4.40. The first-order valence-corrected chi connectivity index (χ1v) is 12.5. The summed E-state index contributed by atoms with van der Waals surface area (Å²) in [6, 6.07) is 3.64. The molecule has 0 bridgehead atoms. The second-order valence-corrected chi connectivity index (χ2v) is 9.43. The molecule has 3 aromatic rings. The van der Waals surface area contributed by atoms with Crippen LogP contribution in [-0.2, 0) is 0 Å². The largest absolute Gasteiger partial charge is 0.483 e. The molecule has 8 nitrogen and oxygen atoms in total. The molecule has 12 heteroatoms. The number of pyridine rings is 1. The van der Waals surface area contributed by atoms with E-state index in [1.54, 1.807) is 16.4 Å². The number of thioether (sulfide) groups is 1. The average Bonchev–Trinajstić information content (AvgIpc) is 3.40. The third kappa shape index (κ3) is 4.41. The highest BCUT2D eigenvalue weighted by Crippen LogP contribution is 2.32. The highest BCUT2D eigenvalue weighted by molar-refractivity contribution is 7.98. The van der Waals surface area contributed by atoms with Gasteiger partial charge in [0.2, 0.25) is 0 Å². The van der Waals surface area contributed by atoms with Crippen LogP contribution in [0.25, 0.3) is 5.82 Å². The van der Waals surface area contributed by atoms with E-state index in [1.165, 1.54) is 34.3 Å². The summed E-state index contributed by atoms with van der Waals surface area (Å²) in [6.07, 6.45) is 4.50. The van der Waals surface area contributed by atoms with Gasteiger partial charge >= 0.3 is 6.03 Å². The number of aryl methyl sites for hydroxylation is 1. The molecular formula is C24H23F3N6O2S. The topological polar surface area (TPSA) is 75.8 Å². The minimum Gasteiger partial charge on any atom is -0.483 e. The molecule has 188 valence electrons. The summed E-state index contributed by atoms with van der Waals surface area (Å²) in [4.78, 5) is 19.6. The van der Waals surface area contributed by atoms with Crippen molar-refractivity contribution in [3.8, 4) is 11.6 Å². The van der Waals surface area contributed by atoms with E-state index < -0.39 is 35.6 Å². The van der Waals surface area contributed by atoms with Crippen LogP contribution in [0.5, 0.6) is 5.75 Å². The predicted octanol–water partition coefficient (Wildman–Crippen LogP) is 4.64. The Morgan fingerprint density at radius 1 is 1.11 bits per heavy atom. The van der Waals surface area contributed by atoms with Crippen molar-refractivity contribution in [2.45, 2.75) is 37.3 Å². The van der Waals surface area contributed by atoms with E-state index >= 15 is 0 Å². The average molecular weight is 517 g/mol. The summed E-state index contributed by atoms with van der Waals surface area (Å²) in [5, 5.41) is 9.80. The van der Waals surface area contributed by atoms with Gasteiger partial charge in [-0.15, -0.1) is 11.8 Å². The number of hydrogen-bond acceptors (Lipinski definition) is 6. The first kappa shape index (κ1) is 24.2. The van der Waals surface area contributed by atoms with Gasteiger partial charge < -0.3 is 9.64 Å². The van der Waals surface area contributed by atoms with Gasteiger partial charge in [-0.3, -0.25) is 0 Å². The van der Waals surface area contributed by atoms with Crippen molar-refractivity contribution in [3.63, 3.8) is 0 Å². The van der Waals surface area contributed by atoms with Crippen LogP contribution in [-0.4, -0.2) is 62.4 Å². The lowest BCUT2D eigenvalue weighted by Crippen LogP contribution is -2.58. The van der Waals surface area contributed by atoms with E-state index in [2.05, 4.69) is 15.2 Å². The lowest BCUT2D eigenvalue weighted by molar-refractivity contribution is 0.0256. The van der Waals surface area contributed by atoms with Gasteiger partial charge in [-0.25, -0.2) is 32.6 Å². The monoisotopic (exact) mass is 516 g/mol. The van der Waals surface area contributed by atoms with Crippen LogP contribution >= 0.6 is 11.8 Å². The fraction of sp³-hybridized carbons (Fsp3) is 0.333. The summed E-state index contributed by atoms with van der Waals surface area (Å²) < 4.78 is 49.3. The molecule has 0 radical (unpaired) electrons. The van der Waals surface area contributed by atoms with E-state index in [1.807, 2.05) is 20.1 Å². The number of aromatic nitrogens is 3. The number of ether oxygens (including phenoxy) is 1. The van der Waals surface area contributed by atoms with Gasteiger partial charge in [0.25, 0.3) is 0 Å². The van der Waals surface area contributed by atoms with Crippen LogP contribution in [0.3, 0.4) is 0 Å². The molecule has 0 saturated carbocycles. The molecular weight excluding hydrogens is 493 g/mol. The Bertz CT molecular complexity index is 1340. The third-order valence-electron chi connectivity index (χ3n) is 6.16. The van der Waals surface area contributed by atoms with Crippen molar-refractivity contribution < 1.29 is 22.7 Å². The molecule has 0 spiro atoms. The molecule has 4 heterocycles. The smallest absolute Gasteiger partial charge is 0.341 e. The number of amides is 2. The molecule has 1 atom stereocenters. The van der Waals surface area contributed by atoms with Crippen molar-refractivity contribution in [3.05, 3.63) is 64.9 Å². The van der Waals surface area contributed by atoms with Crippen molar-refractivity contribution >= 4 is 24.0 Å². The van der Waals surface area contributed by atoms with E-state index in [4.69, 9.17) is 4.74 Å². The van der Waals surface area contributed by atoms with E-state index in [0.29, 0.717) is 17.8 Å². The van der Waals surface area contributed by atoms with Crippen molar-refractivity contribution in [1.29, 1.82) is 0 Å². The molecule has 1 aromatic carbocycles. The second-order valence-electron chi connectivity index (χ2n) is 8.61. The van der Waals surface area contributed by atoms with E-state index in [-0.39, 0.29) is 18.8 Å². The zero-order valence-electron chi connectivity index (χ0n) is 19.8. The number of rotatable bonds is 5. The molecule has 0 aliphatic carbocycles. The number of halogens is 3. The number of likely N-dealkylation sites (tertiary alicyclic amines) is 1. The Balaban J connectivity index is 1.25. The first-order chi connectivity index (χ1) is 17.2. The molecule has 1 fully saturated rings. The minimum atomic E-state index is -0.717. The van der Waals surface area contributed by atoms with Crippen LogP contribution in [0.4, 0.5) is 18.0 Å². The number of carbonyl (C=O) groups excluding carboxylic acids is 1. The molecule has 2 amide bonds. The Labute approximate surface area is 209 Å². The van der Waals surface area contributed by atoms with E-state index in [9.17, 15) is 18.0 Å². The predicted molar refractivity (Wildman–Crippen MR) is 128 cm³/mol. The van der Waals surface area contributed by atoms with Gasteiger partial charge in [0.1, 0.15) is 17.7 Å². The first-order valence-electron chi connectivity index (χ1n) is 11.2. The van der Waals surface area contributed by atoms with Crippen molar-refractivity contribution in [2.24, 2.45) is 5.10 Å². The van der Waals surface area contributed by atoms with Crippen LogP contribution in [0.1, 0.15) is 29.4 Å². The number of hydrazone groups is 1. The maximum atomic E-state index is 14.5. The molecule has 2 aromatic heterocycles.